The highest BCUT2D eigenvalue weighted by Gasteiger charge is 2.03. The number of anilines is 1. The van der Waals surface area contributed by atoms with Crippen molar-refractivity contribution in [3.8, 4) is 0 Å². The largest absolute Gasteiger partial charge is 0.374 e. The molecule has 0 fully saturated rings. The molecule has 0 aliphatic heterocycles. The molecule has 2 aromatic rings. The number of nitrogens with two attached hydrogens (primary N) is 1. The molecule has 0 saturated heterocycles. The minimum absolute atomic E-state index is 0.393. The molecule has 0 saturated carbocycles. The molecule has 0 aliphatic rings. The predicted octanol–water partition coefficient (Wildman–Crippen LogP) is 1.86. The lowest BCUT2D eigenvalue weighted by Gasteiger charge is -1.96. The average molecular weight is 260 g/mol. The van der Waals surface area contributed by atoms with Crippen LogP contribution in [-0.4, -0.2) is 20.2 Å². The third kappa shape index (κ3) is 3.01. The molecule has 0 bridgehead atoms. The fourth-order valence-electron chi connectivity index (χ4n) is 0.828. The molecule has 0 spiro atoms. The maximum absolute atomic E-state index is 5.61. The Morgan fingerprint density at radius 2 is 2.20 bits per heavy atom. The van der Waals surface area contributed by atoms with Crippen LogP contribution in [-0.2, 0) is 5.75 Å². The Morgan fingerprint density at radius 1 is 1.33 bits per heavy atom. The van der Waals surface area contributed by atoms with Gasteiger partial charge < -0.3 is 5.73 Å². The Morgan fingerprint density at radius 3 is 2.80 bits per heavy atom. The van der Waals surface area contributed by atoms with Crippen molar-refractivity contribution in [2.75, 3.05) is 5.73 Å². The second-order valence-corrected chi connectivity index (χ2v) is 5.14. The van der Waals surface area contributed by atoms with Crippen LogP contribution in [0.15, 0.2) is 16.7 Å². The number of nitrogen functional groups attached to an aromatic ring is 1. The Labute approximate surface area is 99.1 Å². The second kappa shape index (κ2) is 4.73. The van der Waals surface area contributed by atoms with E-state index < -0.39 is 0 Å². The van der Waals surface area contributed by atoms with E-state index in [9.17, 15) is 0 Å². The molecular formula is C7H6ClN5S2. The molecule has 5 nitrogen and oxygen atoms in total. The molecule has 0 aliphatic carbocycles. The Balaban J connectivity index is 1.96. The van der Waals surface area contributed by atoms with Gasteiger partial charge in [0.05, 0.1) is 18.1 Å². The van der Waals surface area contributed by atoms with Gasteiger partial charge >= 0.3 is 0 Å². The topological polar surface area (TPSA) is 77.6 Å². The first-order chi connectivity index (χ1) is 7.24. The van der Waals surface area contributed by atoms with Crippen molar-refractivity contribution in [1.82, 2.24) is 20.2 Å². The summed E-state index contributed by atoms with van der Waals surface area (Å²) in [4.78, 5) is 8.04. The van der Waals surface area contributed by atoms with Crippen LogP contribution < -0.4 is 5.73 Å². The molecule has 2 heterocycles. The van der Waals surface area contributed by atoms with Crippen molar-refractivity contribution in [1.29, 1.82) is 0 Å². The van der Waals surface area contributed by atoms with Crippen LogP contribution >= 0.6 is 34.7 Å². The molecule has 2 N–H and O–H groups in total. The molecule has 78 valence electrons. The summed E-state index contributed by atoms with van der Waals surface area (Å²) in [5, 5.41) is 8.46. The zero-order valence-corrected chi connectivity index (χ0v) is 9.81. The number of aromatic nitrogens is 4. The van der Waals surface area contributed by atoms with Gasteiger partial charge in [-0.25, -0.2) is 4.98 Å². The second-order valence-electron chi connectivity index (χ2n) is 2.53. The number of hydrogen-bond acceptors (Lipinski definition) is 7. The van der Waals surface area contributed by atoms with E-state index >= 15 is 0 Å². The van der Waals surface area contributed by atoms with Gasteiger partial charge in [0.1, 0.15) is 5.15 Å². The predicted molar refractivity (Wildman–Crippen MR) is 60.9 cm³/mol. The fraction of sp³-hybridized carbons (Fsp3) is 0.143. The SMILES string of the molecule is Nc1nnc(SCc2cnc(Cl)cn2)s1. The van der Waals surface area contributed by atoms with Crippen molar-refractivity contribution < 1.29 is 0 Å². The van der Waals surface area contributed by atoms with Crippen molar-refractivity contribution in [3.05, 3.63) is 23.2 Å². The minimum Gasteiger partial charge on any atom is -0.374 e. The third-order valence-electron chi connectivity index (χ3n) is 1.44. The highest BCUT2D eigenvalue weighted by Crippen LogP contribution is 2.25. The lowest BCUT2D eigenvalue weighted by atomic mass is 10.5. The lowest BCUT2D eigenvalue weighted by molar-refractivity contribution is 1.01. The lowest BCUT2D eigenvalue weighted by Crippen LogP contribution is -1.88. The Kier molecular flexibility index (Phi) is 3.34. The Bertz CT molecular complexity index is 443. The first kappa shape index (κ1) is 10.6. The van der Waals surface area contributed by atoms with Crippen molar-refractivity contribution in [2.45, 2.75) is 10.1 Å². The molecule has 0 aromatic carbocycles. The molecule has 0 amide bonds. The van der Waals surface area contributed by atoms with E-state index in [1.54, 1.807) is 6.20 Å². The summed E-state index contributed by atoms with van der Waals surface area (Å²) in [6.45, 7) is 0. The maximum atomic E-state index is 5.61. The molecule has 0 radical (unpaired) electrons. The van der Waals surface area contributed by atoms with E-state index in [1.165, 1.54) is 29.3 Å². The van der Waals surface area contributed by atoms with Crippen molar-refractivity contribution in [2.24, 2.45) is 0 Å². The van der Waals surface area contributed by atoms with Crippen LogP contribution in [0.3, 0.4) is 0 Å². The smallest absolute Gasteiger partial charge is 0.203 e. The molecule has 0 atom stereocenters. The zero-order chi connectivity index (χ0) is 10.7. The van der Waals surface area contributed by atoms with Gasteiger partial charge in [-0.1, -0.05) is 34.7 Å². The maximum Gasteiger partial charge on any atom is 0.203 e. The first-order valence-corrected chi connectivity index (χ1v) is 6.10. The van der Waals surface area contributed by atoms with Crippen LogP contribution in [0.1, 0.15) is 5.69 Å². The number of nitrogens with zero attached hydrogens (tertiary/aromatic N) is 4. The minimum atomic E-state index is 0.393. The van der Waals surface area contributed by atoms with Crippen molar-refractivity contribution >= 4 is 39.8 Å². The number of thioether (sulfide) groups is 1. The van der Waals surface area contributed by atoms with E-state index in [-0.39, 0.29) is 0 Å². The van der Waals surface area contributed by atoms with Gasteiger partial charge in [0.15, 0.2) is 4.34 Å². The molecule has 15 heavy (non-hydrogen) atoms. The van der Waals surface area contributed by atoms with E-state index in [1.807, 2.05) is 0 Å². The third-order valence-corrected chi connectivity index (χ3v) is 3.55. The summed E-state index contributed by atoms with van der Waals surface area (Å²) < 4.78 is 0.823. The number of halogens is 1. The van der Waals surface area contributed by atoms with Gasteiger partial charge in [0, 0.05) is 5.75 Å². The van der Waals surface area contributed by atoms with Crippen LogP contribution in [0.4, 0.5) is 5.13 Å². The van der Waals surface area contributed by atoms with Gasteiger partial charge in [0.2, 0.25) is 5.13 Å². The summed E-state index contributed by atoms with van der Waals surface area (Å²) in [6, 6.07) is 0. The average Bonchev–Trinajstić information content (AvgIpc) is 2.64. The van der Waals surface area contributed by atoms with Gasteiger partial charge in [-0.2, -0.15) is 0 Å². The molecular weight excluding hydrogens is 254 g/mol. The zero-order valence-electron chi connectivity index (χ0n) is 7.42. The quantitative estimate of drug-likeness (QED) is 0.848. The number of hydrogen-bond donors (Lipinski definition) is 1. The monoisotopic (exact) mass is 259 g/mol. The van der Waals surface area contributed by atoms with Crippen LogP contribution in [0, 0.1) is 0 Å². The normalized spacial score (nSPS) is 10.5. The van der Waals surface area contributed by atoms with Crippen LogP contribution in [0.2, 0.25) is 5.15 Å². The van der Waals surface area contributed by atoms with Gasteiger partial charge in [-0.15, -0.1) is 10.2 Å². The molecule has 8 heteroatoms. The summed E-state index contributed by atoms with van der Waals surface area (Å²) in [5.41, 5.74) is 6.30. The summed E-state index contributed by atoms with van der Waals surface area (Å²) in [6.07, 6.45) is 3.16. The van der Waals surface area contributed by atoms with Crippen molar-refractivity contribution in [3.63, 3.8) is 0 Å². The van der Waals surface area contributed by atoms with Crippen LogP contribution in [0.25, 0.3) is 0 Å². The van der Waals surface area contributed by atoms with E-state index in [0.717, 1.165) is 10.0 Å². The highest BCUT2D eigenvalue weighted by atomic mass is 35.5. The first-order valence-electron chi connectivity index (χ1n) is 3.92. The summed E-state index contributed by atoms with van der Waals surface area (Å²) in [7, 11) is 0. The van der Waals surface area contributed by atoms with Crippen LogP contribution in [0.5, 0.6) is 0 Å². The van der Waals surface area contributed by atoms with Gasteiger partial charge in [-0.05, 0) is 0 Å². The van der Waals surface area contributed by atoms with Gasteiger partial charge in [0.25, 0.3) is 0 Å². The van der Waals surface area contributed by atoms with E-state index in [4.69, 9.17) is 17.3 Å². The highest BCUT2D eigenvalue weighted by molar-refractivity contribution is 8.00. The molecule has 0 unspecified atom stereocenters. The van der Waals surface area contributed by atoms with Gasteiger partial charge in [-0.3, -0.25) is 4.98 Å². The number of rotatable bonds is 3. The molecule has 2 rings (SSSR count). The standard InChI is InChI=1S/C7H6ClN5S2/c8-5-2-10-4(1-11-5)3-14-7-13-12-6(9)15-7/h1-2H,3H2,(H2,9,12). The summed E-state index contributed by atoms with van der Waals surface area (Å²) in [5.74, 6) is 0.679. The van der Waals surface area contributed by atoms with E-state index in [2.05, 4.69) is 20.2 Å². The fourth-order valence-corrected chi connectivity index (χ4v) is 2.46. The summed E-state index contributed by atoms with van der Waals surface area (Å²) >= 11 is 8.49. The Hall–Kier alpha value is -0.920. The molecule has 2 aromatic heterocycles. The van der Waals surface area contributed by atoms with E-state index in [0.29, 0.717) is 16.0 Å².